The number of amides is 1. The quantitative estimate of drug-likeness (QED) is 0.717. The monoisotopic (exact) mass is 401 g/mol. The summed E-state index contributed by atoms with van der Waals surface area (Å²) >= 11 is 1.36. The fourth-order valence-corrected chi connectivity index (χ4v) is 3.75. The van der Waals surface area contributed by atoms with Crippen molar-refractivity contribution in [2.45, 2.75) is 39.7 Å². The molecule has 9 heteroatoms. The van der Waals surface area contributed by atoms with Crippen LogP contribution in [0.25, 0.3) is 0 Å². The van der Waals surface area contributed by atoms with Gasteiger partial charge >= 0.3 is 5.97 Å². The average molecular weight is 401 g/mol. The summed E-state index contributed by atoms with van der Waals surface area (Å²) in [5.74, 6) is -0.339. The van der Waals surface area contributed by atoms with E-state index in [4.69, 9.17) is 4.74 Å². The van der Waals surface area contributed by atoms with Gasteiger partial charge in [0.15, 0.2) is 0 Å². The standard InChI is InChI=1S/C19H23N5O3S/c1-4-27-18(26)14-11-15(24(23-14)13-8-6-5-7-9-13)17(25)20-19-22-21-16(28-19)10-12(2)3/h5-9,12,15H,4,10-11H2,1-3H3,(H,20,22,25). The first kappa shape index (κ1) is 19.9. The highest BCUT2D eigenvalue weighted by Gasteiger charge is 2.37. The van der Waals surface area contributed by atoms with E-state index in [9.17, 15) is 9.59 Å². The molecule has 1 aliphatic heterocycles. The summed E-state index contributed by atoms with van der Waals surface area (Å²) in [7, 11) is 0. The molecule has 0 aliphatic carbocycles. The number of hydrogen-bond acceptors (Lipinski definition) is 8. The molecule has 1 atom stereocenters. The van der Waals surface area contributed by atoms with E-state index in [1.54, 1.807) is 11.9 Å². The summed E-state index contributed by atoms with van der Waals surface area (Å²) in [6.07, 6.45) is 0.973. The molecule has 0 radical (unpaired) electrons. The van der Waals surface area contributed by atoms with Crippen molar-refractivity contribution >= 4 is 39.7 Å². The minimum Gasteiger partial charge on any atom is -0.461 e. The molecule has 0 fully saturated rings. The zero-order chi connectivity index (χ0) is 20.1. The first-order chi connectivity index (χ1) is 13.5. The van der Waals surface area contributed by atoms with Crippen LogP contribution in [0.4, 0.5) is 10.8 Å². The van der Waals surface area contributed by atoms with Gasteiger partial charge in [-0.3, -0.25) is 15.1 Å². The van der Waals surface area contributed by atoms with Crippen LogP contribution in [0.1, 0.15) is 32.2 Å². The van der Waals surface area contributed by atoms with E-state index in [1.165, 1.54) is 11.3 Å². The third-order valence-corrected chi connectivity index (χ3v) is 4.89. The summed E-state index contributed by atoms with van der Waals surface area (Å²) in [5, 5.41) is 18.2. The number of ether oxygens (including phenoxy) is 1. The summed E-state index contributed by atoms with van der Waals surface area (Å²) in [5.41, 5.74) is 0.948. The van der Waals surface area contributed by atoms with Crippen molar-refractivity contribution in [3.63, 3.8) is 0 Å². The zero-order valence-electron chi connectivity index (χ0n) is 16.1. The number of rotatable bonds is 7. The summed E-state index contributed by atoms with van der Waals surface area (Å²) in [6.45, 7) is 6.19. The number of carbonyl (C=O) groups is 2. The molecule has 0 spiro atoms. The van der Waals surface area contributed by atoms with Crippen LogP contribution in [-0.2, 0) is 20.7 Å². The van der Waals surface area contributed by atoms with Crippen LogP contribution in [0.2, 0.25) is 0 Å². The SMILES string of the molecule is CCOC(=O)C1=NN(c2ccccc2)C(C(=O)Nc2nnc(CC(C)C)s2)C1. The second-order valence-electron chi connectivity index (χ2n) is 6.76. The predicted octanol–water partition coefficient (Wildman–Crippen LogP) is 2.87. The van der Waals surface area contributed by atoms with Gasteiger partial charge in [-0.05, 0) is 25.0 Å². The van der Waals surface area contributed by atoms with Gasteiger partial charge in [-0.25, -0.2) is 4.79 Å². The Balaban J connectivity index is 1.77. The van der Waals surface area contributed by atoms with Crippen molar-refractivity contribution < 1.29 is 14.3 Å². The summed E-state index contributed by atoms with van der Waals surface area (Å²) < 4.78 is 5.05. The van der Waals surface area contributed by atoms with E-state index in [2.05, 4.69) is 34.5 Å². The molecule has 1 aromatic heterocycles. The second kappa shape index (κ2) is 8.92. The molecule has 2 heterocycles. The second-order valence-corrected chi connectivity index (χ2v) is 7.82. The van der Waals surface area contributed by atoms with Crippen molar-refractivity contribution in [2.24, 2.45) is 11.0 Å². The first-order valence-electron chi connectivity index (χ1n) is 9.20. The molecule has 0 saturated carbocycles. The first-order valence-corrected chi connectivity index (χ1v) is 10.0. The Kier molecular flexibility index (Phi) is 6.35. The van der Waals surface area contributed by atoms with Crippen LogP contribution >= 0.6 is 11.3 Å². The van der Waals surface area contributed by atoms with Gasteiger partial charge in [0.25, 0.3) is 5.91 Å². The average Bonchev–Trinajstić information content (AvgIpc) is 3.29. The maximum atomic E-state index is 12.9. The number of hydrogen-bond donors (Lipinski definition) is 1. The van der Waals surface area contributed by atoms with Gasteiger partial charge in [-0.15, -0.1) is 10.2 Å². The normalized spacial score (nSPS) is 16.2. The van der Waals surface area contributed by atoms with Crippen molar-refractivity contribution in [3.05, 3.63) is 35.3 Å². The van der Waals surface area contributed by atoms with Crippen molar-refractivity contribution in [1.29, 1.82) is 0 Å². The number of benzene rings is 1. The van der Waals surface area contributed by atoms with Gasteiger partial charge in [0.1, 0.15) is 16.8 Å². The molecule has 3 rings (SSSR count). The molecule has 148 valence electrons. The molecule has 28 heavy (non-hydrogen) atoms. The third kappa shape index (κ3) is 4.72. The molecule has 1 aromatic carbocycles. The molecular formula is C19H23N5O3S. The Hall–Kier alpha value is -2.81. The maximum Gasteiger partial charge on any atom is 0.354 e. The number of carbonyl (C=O) groups excluding carboxylic acids is 2. The van der Waals surface area contributed by atoms with Gasteiger partial charge in [0, 0.05) is 12.8 Å². The van der Waals surface area contributed by atoms with Gasteiger partial charge < -0.3 is 4.74 Å². The van der Waals surface area contributed by atoms with Crippen LogP contribution in [0.3, 0.4) is 0 Å². The minimum atomic E-state index is -0.667. The van der Waals surface area contributed by atoms with E-state index in [0.29, 0.717) is 11.0 Å². The number of nitrogens with one attached hydrogen (secondary N) is 1. The van der Waals surface area contributed by atoms with Crippen LogP contribution in [0, 0.1) is 5.92 Å². The van der Waals surface area contributed by atoms with Gasteiger partial charge in [-0.2, -0.15) is 5.10 Å². The Morgan fingerprint density at radius 1 is 1.29 bits per heavy atom. The van der Waals surface area contributed by atoms with Crippen LogP contribution < -0.4 is 10.3 Å². The number of esters is 1. The largest absolute Gasteiger partial charge is 0.461 e. The van der Waals surface area contributed by atoms with E-state index < -0.39 is 12.0 Å². The lowest BCUT2D eigenvalue weighted by Gasteiger charge is -2.22. The van der Waals surface area contributed by atoms with Gasteiger partial charge in [0.2, 0.25) is 5.13 Å². The lowest BCUT2D eigenvalue weighted by molar-refractivity contribution is -0.135. The molecular weight excluding hydrogens is 378 g/mol. The fourth-order valence-electron chi connectivity index (χ4n) is 2.80. The minimum absolute atomic E-state index is 0.164. The number of para-hydroxylation sites is 1. The smallest absolute Gasteiger partial charge is 0.354 e. The molecule has 1 amide bonds. The van der Waals surface area contributed by atoms with Crippen molar-refractivity contribution in [3.8, 4) is 0 Å². The summed E-state index contributed by atoms with van der Waals surface area (Å²) in [6, 6.07) is 8.59. The van der Waals surface area contributed by atoms with E-state index in [1.807, 2.05) is 30.3 Å². The molecule has 0 bridgehead atoms. The third-order valence-electron chi connectivity index (χ3n) is 4.02. The molecule has 1 aliphatic rings. The van der Waals surface area contributed by atoms with Gasteiger partial charge in [0.05, 0.1) is 12.3 Å². The van der Waals surface area contributed by atoms with Gasteiger partial charge in [-0.1, -0.05) is 43.4 Å². The Morgan fingerprint density at radius 3 is 2.71 bits per heavy atom. The number of aromatic nitrogens is 2. The lowest BCUT2D eigenvalue weighted by Crippen LogP contribution is -2.38. The molecule has 1 unspecified atom stereocenters. The number of hydrazone groups is 1. The van der Waals surface area contributed by atoms with E-state index >= 15 is 0 Å². The fraction of sp³-hybridized carbons (Fsp3) is 0.421. The Bertz CT molecular complexity index is 865. The number of nitrogens with zero attached hydrogens (tertiary/aromatic N) is 4. The van der Waals surface area contributed by atoms with Crippen LogP contribution in [0.5, 0.6) is 0 Å². The highest BCUT2D eigenvalue weighted by Crippen LogP contribution is 2.26. The molecule has 2 aromatic rings. The molecule has 8 nitrogen and oxygen atoms in total. The highest BCUT2D eigenvalue weighted by molar-refractivity contribution is 7.15. The Labute approximate surface area is 167 Å². The van der Waals surface area contributed by atoms with Crippen molar-refractivity contribution in [2.75, 3.05) is 16.9 Å². The zero-order valence-corrected chi connectivity index (χ0v) is 16.9. The highest BCUT2D eigenvalue weighted by atomic mass is 32.1. The lowest BCUT2D eigenvalue weighted by atomic mass is 10.1. The van der Waals surface area contributed by atoms with E-state index in [-0.39, 0.29) is 24.6 Å². The maximum absolute atomic E-state index is 12.9. The van der Waals surface area contributed by atoms with Crippen LogP contribution in [-0.4, -0.2) is 40.4 Å². The number of anilines is 2. The van der Waals surface area contributed by atoms with Crippen LogP contribution in [0.15, 0.2) is 35.4 Å². The summed E-state index contributed by atoms with van der Waals surface area (Å²) in [4.78, 5) is 25.0. The molecule has 1 N–H and O–H groups in total. The predicted molar refractivity (Wildman–Crippen MR) is 108 cm³/mol. The van der Waals surface area contributed by atoms with Crippen molar-refractivity contribution in [1.82, 2.24) is 10.2 Å². The molecule has 0 saturated heterocycles. The topological polar surface area (TPSA) is 96.8 Å². The van der Waals surface area contributed by atoms with E-state index in [0.717, 1.165) is 17.1 Å². The Morgan fingerprint density at radius 2 is 2.04 bits per heavy atom.